The Morgan fingerprint density at radius 3 is 3.05 bits per heavy atom. The molecule has 1 atom stereocenters. The van der Waals surface area contributed by atoms with Crippen molar-refractivity contribution in [2.45, 2.75) is 38.0 Å². The Morgan fingerprint density at radius 2 is 2.42 bits per heavy atom. The standard InChI is InChI=1S/C12H20N4O2S/c1-9(2)15-4-3-10(5-15)6-16-8-13-14-12(16)19-7-11(17)18/h8-10H,3-7H2,1-2H3,(H,17,18). The highest BCUT2D eigenvalue weighted by molar-refractivity contribution is 7.99. The maximum Gasteiger partial charge on any atom is 0.313 e. The number of nitrogens with zero attached hydrogens (tertiary/aromatic N) is 4. The molecule has 2 heterocycles. The van der Waals surface area contributed by atoms with Crippen LogP contribution in [0.25, 0.3) is 0 Å². The minimum absolute atomic E-state index is 0.0292. The number of likely N-dealkylation sites (tertiary alicyclic amines) is 1. The summed E-state index contributed by atoms with van der Waals surface area (Å²) in [7, 11) is 0. The summed E-state index contributed by atoms with van der Waals surface area (Å²) in [5.74, 6) is -0.199. The van der Waals surface area contributed by atoms with E-state index in [1.165, 1.54) is 18.2 Å². The van der Waals surface area contributed by atoms with Crippen LogP contribution in [-0.4, -0.2) is 55.6 Å². The molecule has 0 radical (unpaired) electrons. The van der Waals surface area contributed by atoms with Gasteiger partial charge in [0.1, 0.15) is 6.33 Å². The molecule has 1 unspecified atom stereocenters. The number of aromatic nitrogens is 3. The van der Waals surface area contributed by atoms with E-state index in [1.807, 2.05) is 4.57 Å². The van der Waals surface area contributed by atoms with Crippen molar-refractivity contribution < 1.29 is 9.90 Å². The fourth-order valence-corrected chi connectivity index (χ4v) is 3.01. The molecule has 19 heavy (non-hydrogen) atoms. The highest BCUT2D eigenvalue weighted by Crippen LogP contribution is 2.22. The van der Waals surface area contributed by atoms with E-state index in [1.54, 1.807) is 6.33 Å². The topological polar surface area (TPSA) is 71.2 Å². The van der Waals surface area contributed by atoms with Crippen LogP contribution < -0.4 is 0 Å². The van der Waals surface area contributed by atoms with Gasteiger partial charge in [0, 0.05) is 19.1 Å². The molecule has 0 aromatic carbocycles. The van der Waals surface area contributed by atoms with Gasteiger partial charge in [0.15, 0.2) is 5.16 Å². The zero-order valence-corrected chi connectivity index (χ0v) is 12.1. The highest BCUT2D eigenvalue weighted by Gasteiger charge is 2.25. The second-order valence-electron chi connectivity index (χ2n) is 5.19. The molecule has 1 fully saturated rings. The first kappa shape index (κ1) is 14.3. The van der Waals surface area contributed by atoms with Crippen LogP contribution in [0.1, 0.15) is 20.3 Å². The van der Waals surface area contributed by atoms with Crippen molar-refractivity contribution in [1.82, 2.24) is 19.7 Å². The minimum atomic E-state index is -0.827. The Labute approximate surface area is 117 Å². The average Bonchev–Trinajstić information content (AvgIpc) is 2.96. The van der Waals surface area contributed by atoms with Crippen LogP contribution in [0.5, 0.6) is 0 Å². The fourth-order valence-electron chi connectivity index (χ4n) is 2.37. The molecule has 1 aliphatic rings. The Morgan fingerprint density at radius 1 is 1.63 bits per heavy atom. The Kier molecular flexibility index (Phi) is 4.81. The smallest absolute Gasteiger partial charge is 0.313 e. The summed E-state index contributed by atoms with van der Waals surface area (Å²) in [4.78, 5) is 13.1. The first-order valence-corrected chi connectivity index (χ1v) is 7.51. The van der Waals surface area contributed by atoms with Crippen molar-refractivity contribution in [3.05, 3.63) is 6.33 Å². The number of hydrogen-bond acceptors (Lipinski definition) is 5. The Balaban J connectivity index is 1.89. The molecule has 6 nitrogen and oxygen atoms in total. The van der Waals surface area contributed by atoms with Gasteiger partial charge in [-0.15, -0.1) is 10.2 Å². The zero-order chi connectivity index (χ0) is 13.8. The summed E-state index contributed by atoms with van der Waals surface area (Å²) in [6.45, 7) is 7.55. The first-order chi connectivity index (χ1) is 9.06. The summed E-state index contributed by atoms with van der Waals surface area (Å²) in [6, 6.07) is 0.590. The van der Waals surface area contributed by atoms with Crippen molar-refractivity contribution in [3.8, 4) is 0 Å². The third kappa shape index (κ3) is 3.94. The zero-order valence-electron chi connectivity index (χ0n) is 11.3. The molecule has 1 aliphatic heterocycles. The highest BCUT2D eigenvalue weighted by atomic mass is 32.2. The minimum Gasteiger partial charge on any atom is -0.481 e. The summed E-state index contributed by atoms with van der Waals surface area (Å²) in [5, 5.41) is 17.3. The van der Waals surface area contributed by atoms with Crippen molar-refractivity contribution in [3.63, 3.8) is 0 Å². The van der Waals surface area contributed by atoms with E-state index in [-0.39, 0.29) is 5.75 Å². The number of carboxylic acids is 1. The molecule has 0 saturated carbocycles. The second kappa shape index (κ2) is 6.38. The predicted molar refractivity (Wildman–Crippen MR) is 73.2 cm³/mol. The molecule has 1 aromatic rings. The molecule has 106 valence electrons. The molecule has 1 N–H and O–H groups in total. The SMILES string of the molecule is CC(C)N1CCC(Cn2cnnc2SCC(=O)O)C1. The maximum absolute atomic E-state index is 10.6. The van der Waals surface area contributed by atoms with E-state index in [9.17, 15) is 4.79 Å². The number of carbonyl (C=O) groups is 1. The van der Waals surface area contributed by atoms with Crippen LogP contribution in [-0.2, 0) is 11.3 Å². The van der Waals surface area contributed by atoms with Crippen LogP contribution in [0.3, 0.4) is 0 Å². The van der Waals surface area contributed by atoms with Crippen molar-refractivity contribution in [2.24, 2.45) is 5.92 Å². The summed E-state index contributed by atoms with van der Waals surface area (Å²) in [5.41, 5.74) is 0. The van der Waals surface area contributed by atoms with Gasteiger partial charge in [-0.1, -0.05) is 11.8 Å². The number of carboxylic acid groups (broad SMARTS) is 1. The predicted octanol–water partition coefficient (Wildman–Crippen LogP) is 1.19. The lowest BCUT2D eigenvalue weighted by Gasteiger charge is -2.20. The van der Waals surface area contributed by atoms with Crippen LogP contribution in [0.4, 0.5) is 0 Å². The summed E-state index contributed by atoms with van der Waals surface area (Å²) < 4.78 is 1.97. The third-order valence-electron chi connectivity index (χ3n) is 3.41. The van der Waals surface area contributed by atoms with E-state index in [4.69, 9.17) is 5.11 Å². The molecule has 1 aromatic heterocycles. The van der Waals surface area contributed by atoms with Gasteiger partial charge in [-0.25, -0.2) is 0 Å². The summed E-state index contributed by atoms with van der Waals surface area (Å²) >= 11 is 1.23. The van der Waals surface area contributed by atoms with Crippen molar-refractivity contribution >= 4 is 17.7 Å². The van der Waals surface area contributed by atoms with Gasteiger partial charge in [0.2, 0.25) is 0 Å². The lowest BCUT2D eigenvalue weighted by molar-refractivity contribution is -0.133. The lowest BCUT2D eigenvalue weighted by Crippen LogP contribution is -2.28. The van der Waals surface area contributed by atoms with E-state index in [0.717, 1.165) is 19.6 Å². The molecule has 0 spiro atoms. The average molecular weight is 284 g/mol. The summed E-state index contributed by atoms with van der Waals surface area (Å²) in [6.07, 6.45) is 2.88. The van der Waals surface area contributed by atoms with E-state index in [0.29, 0.717) is 17.1 Å². The molecule has 1 saturated heterocycles. The molecular formula is C12H20N4O2S. The van der Waals surface area contributed by atoms with E-state index >= 15 is 0 Å². The molecule has 0 aliphatic carbocycles. The van der Waals surface area contributed by atoms with Crippen LogP contribution >= 0.6 is 11.8 Å². The van der Waals surface area contributed by atoms with Crippen LogP contribution in [0, 0.1) is 5.92 Å². The van der Waals surface area contributed by atoms with Gasteiger partial charge in [-0.05, 0) is 32.7 Å². The van der Waals surface area contributed by atoms with Gasteiger partial charge >= 0.3 is 5.97 Å². The quantitative estimate of drug-likeness (QED) is 0.791. The molecule has 2 rings (SSSR count). The lowest BCUT2D eigenvalue weighted by atomic mass is 10.1. The van der Waals surface area contributed by atoms with E-state index < -0.39 is 5.97 Å². The number of aliphatic carboxylic acids is 1. The van der Waals surface area contributed by atoms with Gasteiger partial charge < -0.3 is 14.6 Å². The van der Waals surface area contributed by atoms with Gasteiger partial charge in [0.05, 0.1) is 5.75 Å². The fraction of sp³-hybridized carbons (Fsp3) is 0.750. The molecule has 7 heteroatoms. The van der Waals surface area contributed by atoms with Crippen molar-refractivity contribution in [2.75, 3.05) is 18.8 Å². The molecular weight excluding hydrogens is 264 g/mol. The maximum atomic E-state index is 10.6. The third-order valence-corrected chi connectivity index (χ3v) is 4.37. The first-order valence-electron chi connectivity index (χ1n) is 6.52. The number of thioether (sulfide) groups is 1. The van der Waals surface area contributed by atoms with Crippen LogP contribution in [0.15, 0.2) is 11.5 Å². The monoisotopic (exact) mass is 284 g/mol. The van der Waals surface area contributed by atoms with Gasteiger partial charge in [-0.2, -0.15) is 0 Å². The molecule has 0 amide bonds. The van der Waals surface area contributed by atoms with Crippen molar-refractivity contribution in [1.29, 1.82) is 0 Å². The Hall–Kier alpha value is -1.08. The Bertz CT molecular complexity index is 435. The van der Waals surface area contributed by atoms with Crippen LogP contribution in [0.2, 0.25) is 0 Å². The van der Waals surface area contributed by atoms with Gasteiger partial charge in [0.25, 0.3) is 0 Å². The largest absolute Gasteiger partial charge is 0.481 e. The number of hydrogen-bond donors (Lipinski definition) is 1. The van der Waals surface area contributed by atoms with Gasteiger partial charge in [-0.3, -0.25) is 4.79 Å². The molecule has 0 bridgehead atoms. The normalized spacial score (nSPS) is 20.3. The van der Waals surface area contributed by atoms with E-state index in [2.05, 4.69) is 28.9 Å². The second-order valence-corrected chi connectivity index (χ2v) is 6.13. The number of rotatable bonds is 6.